The van der Waals surface area contributed by atoms with Gasteiger partial charge in [-0.1, -0.05) is 28.1 Å². The van der Waals surface area contributed by atoms with E-state index in [1.54, 1.807) is 11.9 Å². The zero-order valence-corrected chi connectivity index (χ0v) is 12.9. The summed E-state index contributed by atoms with van der Waals surface area (Å²) >= 11 is 3.36. The number of carboxylic acids is 1. The first-order valence-corrected chi connectivity index (χ1v) is 6.95. The lowest BCUT2D eigenvalue weighted by Gasteiger charge is -2.21. The van der Waals surface area contributed by atoms with E-state index in [9.17, 15) is 9.18 Å². The number of benzene rings is 2. The van der Waals surface area contributed by atoms with Gasteiger partial charge in [-0.25, -0.2) is 9.18 Å². The molecule has 0 saturated heterocycles. The number of anilines is 2. The Labute approximate surface area is 130 Å². The Balaban J connectivity index is 2.27. The van der Waals surface area contributed by atoms with Crippen LogP contribution in [0.3, 0.4) is 0 Å². The van der Waals surface area contributed by atoms with E-state index >= 15 is 0 Å². The van der Waals surface area contributed by atoms with Crippen LogP contribution >= 0.6 is 15.9 Å². The maximum Gasteiger partial charge on any atom is 0.338 e. The molecule has 4 nitrogen and oxygen atoms in total. The second kappa shape index (κ2) is 6.13. The fourth-order valence-corrected chi connectivity index (χ4v) is 2.29. The minimum Gasteiger partial charge on any atom is -0.478 e. The maximum absolute atomic E-state index is 13.8. The molecule has 0 aliphatic carbocycles. The third-order valence-electron chi connectivity index (χ3n) is 3.09. The first kappa shape index (κ1) is 15.3. The van der Waals surface area contributed by atoms with E-state index in [0.717, 1.165) is 22.2 Å². The van der Waals surface area contributed by atoms with Gasteiger partial charge in [0.15, 0.2) is 0 Å². The van der Waals surface area contributed by atoms with Gasteiger partial charge in [-0.05, 0) is 23.8 Å². The summed E-state index contributed by atoms with van der Waals surface area (Å²) in [6, 6.07) is 10.0. The topological polar surface area (TPSA) is 66.6 Å². The van der Waals surface area contributed by atoms with Crippen LogP contribution in [0.5, 0.6) is 0 Å². The Hall–Kier alpha value is -2.08. The molecule has 110 valence electrons. The molecule has 0 amide bonds. The summed E-state index contributed by atoms with van der Waals surface area (Å²) in [5.41, 5.74) is 7.12. The SMILES string of the molecule is CN(Cc1ccc(Br)cc1)c1cc(F)c(C(=O)O)cc1N. The number of carboxylic acid groups (broad SMARTS) is 1. The molecule has 0 bridgehead atoms. The summed E-state index contributed by atoms with van der Waals surface area (Å²) < 4.78 is 14.7. The molecule has 0 heterocycles. The minimum absolute atomic E-state index is 0.230. The van der Waals surface area contributed by atoms with E-state index < -0.39 is 17.3 Å². The van der Waals surface area contributed by atoms with Crippen LogP contribution in [0.15, 0.2) is 40.9 Å². The van der Waals surface area contributed by atoms with Crippen LogP contribution < -0.4 is 10.6 Å². The average molecular weight is 353 g/mol. The van der Waals surface area contributed by atoms with Crippen molar-refractivity contribution in [3.05, 3.63) is 57.8 Å². The van der Waals surface area contributed by atoms with Crippen molar-refractivity contribution in [3.63, 3.8) is 0 Å². The Morgan fingerprint density at radius 2 is 1.95 bits per heavy atom. The number of hydrogen-bond donors (Lipinski definition) is 2. The molecule has 0 radical (unpaired) electrons. The van der Waals surface area contributed by atoms with Crippen LogP contribution in [0.1, 0.15) is 15.9 Å². The van der Waals surface area contributed by atoms with E-state index in [2.05, 4.69) is 15.9 Å². The molecule has 2 aromatic rings. The van der Waals surface area contributed by atoms with E-state index in [4.69, 9.17) is 10.8 Å². The third kappa shape index (κ3) is 3.52. The van der Waals surface area contributed by atoms with Crippen molar-refractivity contribution in [3.8, 4) is 0 Å². The number of hydrogen-bond acceptors (Lipinski definition) is 3. The molecule has 2 rings (SSSR count). The van der Waals surface area contributed by atoms with Crippen molar-refractivity contribution in [1.82, 2.24) is 0 Å². The van der Waals surface area contributed by atoms with E-state index in [1.807, 2.05) is 24.3 Å². The molecule has 0 aromatic heterocycles. The molecule has 0 saturated carbocycles. The van der Waals surface area contributed by atoms with Crippen LogP contribution in [0.4, 0.5) is 15.8 Å². The van der Waals surface area contributed by atoms with Crippen LogP contribution in [0.2, 0.25) is 0 Å². The molecule has 21 heavy (non-hydrogen) atoms. The van der Waals surface area contributed by atoms with Gasteiger partial charge in [0.05, 0.1) is 16.9 Å². The van der Waals surface area contributed by atoms with Gasteiger partial charge in [-0.3, -0.25) is 0 Å². The Kier molecular flexibility index (Phi) is 4.47. The summed E-state index contributed by atoms with van der Waals surface area (Å²) in [7, 11) is 1.77. The van der Waals surface area contributed by atoms with Gasteiger partial charge in [0.1, 0.15) is 5.82 Å². The molecular weight excluding hydrogens is 339 g/mol. The fourth-order valence-electron chi connectivity index (χ4n) is 2.02. The van der Waals surface area contributed by atoms with Crippen molar-refractivity contribution in [2.45, 2.75) is 6.54 Å². The fraction of sp³-hybridized carbons (Fsp3) is 0.133. The molecule has 0 aliphatic heterocycles. The number of rotatable bonds is 4. The molecule has 0 atom stereocenters. The lowest BCUT2D eigenvalue weighted by molar-refractivity contribution is 0.0692. The molecule has 6 heteroatoms. The third-order valence-corrected chi connectivity index (χ3v) is 3.62. The normalized spacial score (nSPS) is 10.4. The van der Waals surface area contributed by atoms with Crippen LogP contribution in [-0.2, 0) is 6.54 Å². The number of nitrogens with zero attached hydrogens (tertiary/aromatic N) is 1. The van der Waals surface area contributed by atoms with Crippen molar-refractivity contribution >= 4 is 33.3 Å². The van der Waals surface area contributed by atoms with Gasteiger partial charge in [0.2, 0.25) is 0 Å². The number of halogens is 2. The highest BCUT2D eigenvalue weighted by Gasteiger charge is 2.15. The van der Waals surface area contributed by atoms with Crippen LogP contribution in [0.25, 0.3) is 0 Å². The van der Waals surface area contributed by atoms with Gasteiger partial charge in [-0.2, -0.15) is 0 Å². The highest BCUT2D eigenvalue weighted by atomic mass is 79.9. The molecule has 3 N–H and O–H groups in total. The first-order chi connectivity index (χ1) is 9.88. The Morgan fingerprint density at radius 3 is 2.52 bits per heavy atom. The lowest BCUT2D eigenvalue weighted by Crippen LogP contribution is -2.18. The monoisotopic (exact) mass is 352 g/mol. The van der Waals surface area contributed by atoms with Crippen molar-refractivity contribution < 1.29 is 14.3 Å². The molecule has 2 aromatic carbocycles. The second-order valence-electron chi connectivity index (χ2n) is 4.68. The van der Waals surface area contributed by atoms with Crippen LogP contribution in [0, 0.1) is 5.82 Å². The van der Waals surface area contributed by atoms with Crippen molar-refractivity contribution in [2.24, 2.45) is 0 Å². The average Bonchev–Trinajstić information content (AvgIpc) is 2.43. The van der Waals surface area contributed by atoms with E-state index in [-0.39, 0.29) is 5.69 Å². The highest BCUT2D eigenvalue weighted by Crippen LogP contribution is 2.27. The van der Waals surface area contributed by atoms with E-state index in [0.29, 0.717) is 12.2 Å². The standard InChI is InChI=1S/C15H14BrFN2O2/c1-19(8-9-2-4-10(16)5-3-9)14-7-12(17)11(15(20)21)6-13(14)18/h2-7H,8,18H2,1H3,(H,20,21). The summed E-state index contributed by atoms with van der Waals surface area (Å²) in [4.78, 5) is 12.6. The molecule has 0 fully saturated rings. The van der Waals surface area contributed by atoms with Crippen molar-refractivity contribution in [2.75, 3.05) is 17.7 Å². The van der Waals surface area contributed by atoms with Crippen molar-refractivity contribution in [1.29, 1.82) is 0 Å². The van der Waals surface area contributed by atoms with Crippen LogP contribution in [-0.4, -0.2) is 18.1 Å². The van der Waals surface area contributed by atoms with Gasteiger partial charge < -0.3 is 15.7 Å². The van der Waals surface area contributed by atoms with E-state index in [1.165, 1.54) is 0 Å². The molecule has 0 aliphatic rings. The number of nitrogens with two attached hydrogens (primary N) is 1. The van der Waals surface area contributed by atoms with Gasteiger partial charge in [0.25, 0.3) is 0 Å². The van der Waals surface area contributed by atoms with Gasteiger partial charge in [-0.15, -0.1) is 0 Å². The van der Waals surface area contributed by atoms with Gasteiger partial charge >= 0.3 is 5.97 Å². The summed E-state index contributed by atoms with van der Waals surface area (Å²) in [6.45, 7) is 0.531. The highest BCUT2D eigenvalue weighted by molar-refractivity contribution is 9.10. The lowest BCUT2D eigenvalue weighted by atomic mass is 10.1. The molecule has 0 spiro atoms. The Bertz CT molecular complexity index is 674. The Morgan fingerprint density at radius 1 is 1.33 bits per heavy atom. The number of carbonyl (C=O) groups is 1. The smallest absolute Gasteiger partial charge is 0.338 e. The zero-order chi connectivity index (χ0) is 15.6. The summed E-state index contributed by atoms with van der Waals surface area (Å²) in [6.07, 6.45) is 0. The molecular formula is C15H14BrFN2O2. The second-order valence-corrected chi connectivity index (χ2v) is 5.59. The summed E-state index contributed by atoms with van der Waals surface area (Å²) in [5, 5.41) is 8.87. The molecule has 0 unspecified atom stereocenters. The predicted octanol–water partition coefficient (Wildman–Crippen LogP) is 3.51. The van der Waals surface area contributed by atoms with Gasteiger partial charge in [0, 0.05) is 24.1 Å². The quantitative estimate of drug-likeness (QED) is 0.826. The predicted molar refractivity (Wildman–Crippen MR) is 84.0 cm³/mol. The number of nitrogen functional groups attached to an aromatic ring is 1. The first-order valence-electron chi connectivity index (χ1n) is 6.16. The minimum atomic E-state index is -1.33. The zero-order valence-electron chi connectivity index (χ0n) is 11.3. The summed E-state index contributed by atoms with van der Waals surface area (Å²) in [5.74, 6) is -2.13. The maximum atomic E-state index is 13.8. The number of aromatic carboxylic acids is 1. The largest absolute Gasteiger partial charge is 0.478 e.